The van der Waals surface area contributed by atoms with Gasteiger partial charge in [-0.3, -0.25) is 4.79 Å². The molecule has 4 nitrogen and oxygen atoms in total. The lowest BCUT2D eigenvalue weighted by atomic mass is 9.92. The summed E-state index contributed by atoms with van der Waals surface area (Å²) in [6.45, 7) is 5.32. The van der Waals surface area contributed by atoms with E-state index < -0.39 is 5.60 Å². The summed E-state index contributed by atoms with van der Waals surface area (Å²) in [5.74, 6) is 0.151. The molecule has 3 unspecified atom stereocenters. The van der Waals surface area contributed by atoms with E-state index in [1.807, 2.05) is 11.8 Å². The van der Waals surface area contributed by atoms with E-state index in [2.05, 4.69) is 6.92 Å². The summed E-state index contributed by atoms with van der Waals surface area (Å²) in [5.41, 5.74) is 5.20. The van der Waals surface area contributed by atoms with E-state index in [9.17, 15) is 4.79 Å². The largest absolute Gasteiger partial charge is 0.365 e. The molecule has 2 saturated heterocycles. The minimum atomic E-state index is -0.598. The van der Waals surface area contributed by atoms with Crippen molar-refractivity contribution in [3.05, 3.63) is 0 Å². The maximum Gasteiger partial charge on any atom is 0.255 e. The number of nitrogens with two attached hydrogens (primary N) is 1. The highest BCUT2D eigenvalue weighted by Crippen LogP contribution is 2.32. The zero-order valence-corrected chi connectivity index (χ0v) is 10.9. The van der Waals surface area contributed by atoms with E-state index in [1.54, 1.807) is 0 Å². The van der Waals surface area contributed by atoms with Crippen molar-refractivity contribution < 1.29 is 9.53 Å². The van der Waals surface area contributed by atoms with Gasteiger partial charge in [0.15, 0.2) is 0 Å². The van der Waals surface area contributed by atoms with Gasteiger partial charge in [0.2, 0.25) is 0 Å². The molecule has 17 heavy (non-hydrogen) atoms. The minimum Gasteiger partial charge on any atom is -0.365 e. The Morgan fingerprint density at radius 3 is 2.82 bits per heavy atom. The highest BCUT2D eigenvalue weighted by atomic mass is 16.5. The van der Waals surface area contributed by atoms with Gasteiger partial charge < -0.3 is 15.4 Å². The van der Waals surface area contributed by atoms with Gasteiger partial charge in [-0.25, -0.2) is 0 Å². The van der Waals surface area contributed by atoms with Crippen LogP contribution in [0, 0.1) is 0 Å². The quantitative estimate of drug-likeness (QED) is 0.791. The summed E-state index contributed by atoms with van der Waals surface area (Å²) in [7, 11) is 0. The fourth-order valence-corrected chi connectivity index (χ4v) is 3.11. The van der Waals surface area contributed by atoms with Gasteiger partial charge in [-0.05, 0) is 46.0 Å². The van der Waals surface area contributed by atoms with Crippen molar-refractivity contribution >= 4 is 5.91 Å². The summed E-state index contributed by atoms with van der Waals surface area (Å²) in [5, 5.41) is 0. The Labute approximate surface area is 103 Å². The van der Waals surface area contributed by atoms with Gasteiger partial charge in [0.25, 0.3) is 5.91 Å². The van der Waals surface area contributed by atoms with Crippen LogP contribution in [0.15, 0.2) is 0 Å². The highest BCUT2D eigenvalue weighted by molar-refractivity contribution is 5.85. The number of carbonyl (C=O) groups excluding carboxylic acids is 1. The number of nitrogens with zero attached hydrogens (tertiary/aromatic N) is 1. The topological polar surface area (TPSA) is 55.6 Å². The second kappa shape index (κ2) is 4.94. The van der Waals surface area contributed by atoms with Crippen molar-refractivity contribution in [3.8, 4) is 0 Å². The Balaban J connectivity index is 2.15. The predicted molar refractivity (Wildman–Crippen MR) is 66.6 cm³/mol. The molecule has 0 aromatic carbocycles. The van der Waals surface area contributed by atoms with Crippen LogP contribution in [0.1, 0.15) is 46.0 Å². The van der Waals surface area contributed by atoms with Gasteiger partial charge in [0, 0.05) is 25.2 Å². The fraction of sp³-hybridized carbons (Fsp3) is 0.923. The van der Waals surface area contributed by atoms with Gasteiger partial charge in [-0.1, -0.05) is 0 Å². The Hall–Kier alpha value is -0.610. The van der Waals surface area contributed by atoms with Crippen LogP contribution in [0.5, 0.6) is 0 Å². The Bertz CT molecular complexity index is 287. The molecule has 98 valence electrons. The lowest BCUT2D eigenvalue weighted by molar-refractivity contribution is -0.157. The minimum absolute atomic E-state index is 0.151. The lowest BCUT2D eigenvalue weighted by Crippen LogP contribution is -2.58. The summed E-state index contributed by atoms with van der Waals surface area (Å²) < 4.78 is 5.66. The molecule has 2 aliphatic rings. The molecule has 0 saturated carbocycles. The van der Waals surface area contributed by atoms with Crippen molar-refractivity contribution in [2.24, 2.45) is 5.73 Å². The average molecular weight is 240 g/mol. The first kappa shape index (κ1) is 12.8. The van der Waals surface area contributed by atoms with Crippen molar-refractivity contribution in [2.45, 2.75) is 63.6 Å². The smallest absolute Gasteiger partial charge is 0.255 e. The Kier molecular flexibility index (Phi) is 3.73. The standard InChI is InChI=1S/C13H24N2O2/c1-10-5-3-6-11(9-14)15(10)12(16)13(2)7-4-8-17-13/h10-11H,3-9,14H2,1-2H3. The third-order valence-electron chi connectivity index (χ3n) is 4.21. The molecule has 4 heteroatoms. The second-order valence-electron chi connectivity index (χ2n) is 5.56. The van der Waals surface area contributed by atoms with Crippen LogP contribution in [0.2, 0.25) is 0 Å². The Morgan fingerprint density at radius 2 is 2.24 bits per heavy atom. The molecule has 2 aliphatic heterocycles. The van der Waals surface area contributed by atoms with Crippen molar-refractivity contribution in [2.75, 3.05) is 13.2 Å². The van der Waals surface area contributed by atoms with Gasteiger partial charge in [0.05, 0.1) is 0 Å². The molecule has 0 spiro atoms. The second-order valence-corrected chi connectivity index (χ2v) is 5.56. The number of amides is 1. The molecule has 3 atom stereocenters. The van der Waals surface area contributed by atoms with Crippen molar-refractivity contribution in [3.63, 3.8) is 0 Å². The molecule has 2 fully saturated rings. The van der Waals surface area contributed by atoms with Crippen LogP contribution >= 0.6 is 0 Å². The van der Waals surface area contributed by atoms with Crippen LogP contribution in [-0.2, 0) is 9.53 Å². The van der Waals surface area contributed by atoms with Gasteiger partial charge in [-0.2, -0.15) is 0 Å². The maximum absolute atomic E-state index is 12.6. The first-order valence-electron chi connectivity index (χ1n) is 6.75. The number of hydrogen-bond donors (Lipinski definition) is 1. The molecular formula is C13H24N2O2. The zero-order chi connectivity index (χ0) is 12.5. The van der Waals surface area contributed by atoms with Crippen molar-refractivity contribution in [1.82, 2.24) is 4.90 Å². The molecule has 2 heterocycles. The molecule has 0 bridgehead atoms. The van der Waals surface area contributed by atoms with Gasteiger partial charge in [-0.15, -0.1) is 0 Å². The molecule has 2 rings (SSSR count). The van der Waals surface area contributed by atoms with E-state index in [4.69, 9.17) is 10.5 Å². The summed E-state index contributed by atoms with van der Waals surface area (Å²) >= 11 is 0. The summed E-state index contributed by atoms with van der Waals surface area (Å²) in [6, 6.07) is 0.498. The summed E-state index contributed by atoms with van der Waals surface area (Å²) in [6.07, 6.45) is 5.11. The van der Waals surface area contributed by atoms with E-state index >= 15 is 0 Å². The highest BCUT2D eigenvalue weighted by Gasteiger charge is 2.44. The monoisotopic (exact) mass is 240 g/mol. The third kappa shape index (κ3) is 2.33. The van der Waals surface area contributed by atoms with Crippen molar-refractivity contribution in [1.29, 1.82) is 0 Å². The van der Waals surface area contributed by atoms with E-state index in [-0.39, 0.29) is 11.9 Å². The Morgan fingerprint density at radius 1 is 1.47 bits per heavy atom. The zero-order valence-electron chi connectivity index (χ0n) is 10.9. The molecule has 1 amide bonds. The first-order valence-corrected chi connectivity index (χ1v) is 6.75. The number of hydrogen-bond acceptors (Lipinski definition) is 3. The fourth-order valence-electron chi connectivity index (χ4n) is 3.11. The van der Waals surface area contributed by atoms with Gasteiger partial charge in [0.1, 0.15) is 5.60 Å². The van der Waals surface area contributed by atoms with Crippen LogP contribution in [-0.4, -0.2) is 41.6 Å². The van der Waals surface area contributed by atoms with Gasteiger partial charge >= 0.3 is 0 Å². The normalized spacial score (nSPS) is 38.4. The SMILES string of the molecule is CC1CCCC(CN)N1C(=O)C1(C)CCCO1. The number of carbonyl (C=O) groups is 1. The van der Waals surface area contributed by atoms with E-state index in [0.717, 1.165) is 25.7 Å². The number of piperidine rings is 1. The van der Waals surface area contributed by atoms with Crippen LogP contribution in [0.3, 0.4) is 0 Å². The molecule has 2 N–H and O–H groups in total. The molecule has 0 aromatic rings. The predicted octanol–water partition coefficient (Wildman–Crippen LogP) is 1.28. The number of rotatable bonds is 2. The molecular weight excluding hydrogens is 216 g/mol. The van der Waals surface area contributed by atoms with E-state index in [1.165, 1.54) is 6.42 Å². The van der Waals surface area contributed by atoms with Crippen LogP contribution < -0.4 is 5.73 Å². The van der Waals surface area contributed by atoms with Crippen LogP contribution in [0.4, 0.5) is 0 Å². The summed E-state index contributed by atoms with van der Waals surface area (Å²) in [4.78, 5) is 14.6. The maximum atomic E-state index is 12.6. The third-order valence-corrected chi connectivity index (χ3v) is 4.21. The number of ether oxygens (including phenoxy) is 1. The molecule has 0 aromatic heterocycles. The van der Waals surface area contributed by atoms with Crippen LogP contribution in [0.25, 0.3) is 0 Å². The number of likely N-dealkylation sites (tertiary alicyclic amines) is 1. The average Bonchev–Trinajstić information content (AvgIpc) is 2.76. The molecule has 0 aliphatic carbocycles. The first-order chi connectivity index (χ1) is 8.08. The van der Waals surface area contributed by atoms with E-state index in [0.29, 0.717) is 19.2 Å². The molecule has 0 radical (unpaired) electrons. The lowest BCUT2D eigenvalue weighted by Gasteiger charge is -2.43.